The SMILES string of the molecule is CCC1=NC(C)N(c2ccc(OC(C)C)cc2)C=C1Cc1ccc(-c2ccccc2-c2noc(=O)[nH]2)cc1. The molecule has 0 bridgehead atoms. The van der Waals surface area contributed by atoms with Gasteiger partial charge >= 0.3 is 5.76 Å². The molecule has 0 spiro atoms. The lowest BCUT2D eigenvalue weighted by atomic mass is 9.95. The van der Waals surface area contributed by atoms with Crippen molar-refractivity contribution in [3.05, 3.63) is 101 Å². The van der Waals surface area contributed by atoms with Crippen LogP contribution in [-0.2, 0) is 6.42 Å². The van der Waals surface area contributed by atoms with E-state index in [0.29, 0.717) is 5.82 Å². The Morgan fingerprint density at radius 2 is 1.71 bits per heavy atom. The van der Waals surface area contributed by atoms with Crippen molar-refractivity contribution in [3.63, 3.8) is 0 Å². The zero-order valence-corrected chi connectivity index (χ0v) is 22.1. The van der Waals surface area contributed by atoms with Gasteiger partial charge < -0.3 is 9.64 Å². The van der Waals surface area contributed by atoms with E-state index in [1.165, 1.54) is 11.1 Å². The Morgan fingerprint density at radius 1 is 1.00 bits per heavy atom. The molecule has 0 amide bonds. The van der Waals surface area contributed by atoms with Crippen LogP contribution in [0.1, 0.15) is 39.7 Å². The van der Waals surface area contributed by atoms with Crippen LogP contribution in [0.5, 0.6) is 5.75 Å². The molecule has 38 heavy (non-hydrogen) atoms. The summed E-state index contributed by atoms with van der Waals surface area (Å²) >= 11 is 0. The standard InChI is InChI=1S/C31H32N4O3/c1-5-29-24(19-35(21(4)32-29)25-14-16-26(17-15-25)37-20(2)3)18-22-10-12-23(13-11-22)27-8-6-7-9-28(27)30-33-31(36)38-34-30/h6-17,19-21H,5,18H2,1-4H3,(H,33,34,36). The maximum Gasteiger partial charge on any atom is 0.439 e. The van der Waals surface area contributed by atoms with Crippen LogP contribution in [0.4, 0.5) is 5.69 Å². The van der Waals surface area contributed by atoms with Crippen LogP contribution in [0.15, 0.2) is 98.9 Å². The fourth-order valence-corrected chi connectivity index (χ4v) is 4.76. The van der Waals surface area contributed by atoms with Crippen molar-refractivity contribution in [1.29, 1.82) is 0 Å². The van der Waals surface area contributed by atoms with E-state index in [1.807, 2.05) is 50.2 Å². The van der Waals surface area contributed by atoms with Gasteiger partial charge in [0.2, 0.25) is 0 Å². The molecule has 1 unspecified atom stereocenters. The van der Waals surface area contributed by atoms with Crippen LogP contribution in [0.25, 0.3) is 22.5 Å². The largest absolute Gasteiger partial charge is 0.491 e. The number of hydrogen-bond acceptors (Lipinski definition) is 6. The summed E-state index contributed by atoms with van der Waals surface area (Å²) < 4.78 is 10.5. The van der Waals surface area contributed by atoms with Crippen molar-refractivity contribution in [2.75, 3.05) is 4.90 Å². The molecule has 1 aromatic heterocycles. The first-order valence-electron chi connectivity index (χ1n) is 13.0. The van der Waals surface area contributed by atoms with Crippen molar-refractivity contribution >= 4 is 11.4 Å². The zero-order valence-electron chi connectivity index (χ0n) is 22.1. The van der Waals surface area contributed by atoms with Crippen molar-refractivity contribution in [2.45, 2.75) is 52.8 Å². The van der Waals surface area contributed by atoms with E-state index in [1.54, 1.807) is 0 Å². The molecule has 5 rings (SSSR count). The normalized spacial score (nSPS) is 15.4. The summed E-state index contributed by atoms with van der Waals surface area (Å²) in [5.41, 5.74) is 7.46. The van der Waals surface area contributed by atoms with Gasteiger partial charge in [-0.2, -0.15) is 0 Å². The van der Waals surface area contributed by atoms with E-state index >= 15 is 0 Å². The number of nitrogens with zero attached hydrogens (tertiary/aromatic N) is 3. The number of benzene rings is 3. The summed E-state index contributed by atoms with van der Waals surface area (Å²) in [6.07, 6.45) is 4.06. The van der Waals surface area contributed by atoms with E-state index in [0.717, 1.165) is 46.7 Å². The summed E-state index contributed by atoms with van der Waals surface area (Å²) in [6, 6.07) is 24.5. The second-order valence-corrected chi connectivity index (χ2v) is 9.65. The number of hydrogen-bond donors (Lipinski definition) is 1. The lowest BCUT2D eigenvalue weighted by Gasteiger charge is -2.31. The number of H-pyrrole nitrogens is 1. The van der Waals surface area contributed by atoms with Gasteiger partial charge in [-0.05, 0) is 73.7 Å². The van der Waals surface area contributed by atoms with Gasteiger partial charge in [0.05, 0.1) is 6.10 Å². The van der Waals surface area contributed by atoms with Crippen LogP contribution in [0, 0.1) is 0 Å². The highest BCUT2D eigenvalue weighted by atomic mass is 16.5. The van der Waals surface area contributed by atoms with E-state index in [4.69, 9.17) is 14.3 Å². The molecule has 7 nitrogen and oxygen atoms in total. The average Bonchev–Trinajstić information content (AvgIpc) is 3.36. The number of aromatic nitrogens is 2. The molecule has 0 fully saturated rings. The summed E-state index contributed by atoms with van der Waals surface area (Å²) in [6.45, 7) is 8.33. The van der Waals surface area contributed by atoms with E-state index in [-0.39, 0.29) is 12.3 Å². The maximum atomic E-state index is 11.5. The minimum absolute atomic E-state index is 0.0208. The molecule has 0 saturated heterocycles. The molecule has 0 saturated carbocycles. The van der Waals surface area contributed by atoms with Gasteiger partial charge in [0.25, 0.3) is 0 Å². The second kappa shape index (κ2) is 10.9. The minimum atomic E-state index is -0.567. The van der Waals surface area contributed by atoms with Crippen molar-refractivity contribution in [1.82, 2.24) is 10.1 Å². The van der Waals surface area contributed by atoms with Crippen LogP contribution >= 0.6 is 0 Å². The third-order valence-electron chi connectivity index (χ3n) is 6.53. The Bertz CT molecular complexity index is 1510. The predicted octanol–water partition coefficient (Wildman–Crippen LogP) is 6.63. The van der Waals surface area contributed by atoms with Crippen LogP contribution in [0.2, 0.25) is 0 Å². The maximum absolute atomic E-state index is 11.5. The number of aliphatic imine (C=N–C) groups is 1. The quantitative estimate of drug-likeness (QED) is 0.289. The van der Waals surface area contributed by atoms with Gasteiger partial charge in [-0.15, -0.1) is 0 Å². The highest BCUT2D eigenvalue weighted by Crippen LogP contribution is 2.31. The molecule has 4 aromatic rings. The van der Waals surface area contributed by atoms with Gasteiger partial charge in [-0.1, -0.05) is 60.6 Å². The van der Waals surface area contributed by atoms with E-state index < -0.39 is 5.76 Å². The van der Waals surface area contributed by atoms with Crippen LogP contribution < -0.4 is 15.4 Å². The minimum Gasteiger partial charge on any atom is -0.491 e. The molecule has 0 aliphatic carbocycles. The Hall–Kier alpha value is -4.39. The molecular weight excluding hydrogens is 476 g/mol. The Kier molecular flexibility index (Phi) is 7.26. The number of nitrogens with one attached hydrogen (secondary N) is 1. The molecule has 3 aromatic carbocycles. The predicted molar refractivity (Wildman–Crippen MR) is 152 cm³/mol. The molecule has 1 aliphatic heterocycles. The van der Waals surface area contributed by atoms with Gasteiger partial charge in [0.15, 0.2) is 5.82 Å². The highest BCUT2D eigenvalue weighted by Gasteiger charge is 2.21. The summed E-state index contributed by atoms with van der Waals surface area (Å²) in [4.78, 5) is 21.4. The first kappa shape index (κ1) is 25.3. The zero-order chi connectivity index (χ0) is 26.6. The fraction of sp³-hybridized carbons (Fsp3) is 0.258. The van der Waals surface area contributed by atoms with Crippen molar-refractivity contribution in [2.24, 2.45) is 4.99 Å². The Labute approximate surface area is 222 Å². The molecule has 1 atom stereocenters. The van der Waals surface area contributed by atoms with Crippen LogP contribution in [0.3, 0.4) is 0 Å². The molecule has 1 N–H and O–H groups in total. The molecule has 7 heteroatoms. The van der Waals surface area contributed by atoms with Crippen molar-refractivity contribution in [3.8, 4) is 28.3 Å². The topological polar surface area (TPSA) is 83.7 Å². The highest BCUT2D eigenvalue weighted by molar-refractivity contribution is 6.01. The van der Waals surface area contributed by atoms with Gasteiger partial charge in [0, 0.05) is 29.6 Å². The molecule has 1 aliphatic rings. The number of ether oxygens (including phenoxy) is 1. The first-order chi connectivity index (χ1) is 18.4. The number of anilines is 1. The Balaban J connectivity index is 1.39. The van der Waals surface area contributed by atoms with E-state index in [9.17, 15) is 4.79 Å². The van der Waals surface area contributed by atoms with Gasteiger partial charge in [-0.3, -0.25) is 14.5 Å². The first-order valence-corrected chi connectivity index (χ1v) is 13.0. The smallest absolute Gasteiger partial charge is 0.439 e. The van der Waals surface area contributed by atoms with Gasteiger partial charge in [0.1, 0.15) is 11.9 Å². The fourth-order valence-electron chi connectivity index (χ4n) is 4.76. The molecular formula is C31H32N4O3. The number of allylic oxidation sites excluding steroid dienone is 1. The third-order valence-corrected chi connectivity index (χ3v) is 6.53. The molecule has 0 radical (unpaired) electrons. The summed E-state index contributed by atoms with van der Waals surface area (Å²) in [5.74, 6) is 0.721. The monoisotopic (exact) mass is 508 g/mol. The summed E-state index contributed by atoms with van der Waals surface area (Å²) in [7, 11) is 0. The number of rotatable bonds is 8. The lowest BCUT2D eigenvalue weighted by Crippen LogP contribution is -2.32. The van der Waals surface area contributed by atoms with E-state index in [2.05, 4.69) is 71.5 Å². The summed E-state index contributed by atoms with van der Waals surface area (Å²) in [5, 5.41) is 3.86. The average molecular weight is 509 g/mol. The molecule has 194 valence electrons. The lowest BCUT2D eigenvalue weighted by molar-refractivity contribution is 0.242. The van der Waals surface area contributed by atoms with Gasteiger partial charge in [-0.25, -0.2) is 4.79 Å². The van der Waals surface area contributed by atoms with Crippen LogP contribution in [-0.4, -0.2) is 28.1 Å². The second-order valence-electron chi connectivity index (χ2n) is 9.65. The Morgan fingerprint density at radius 3 is 2.34 bits per heavy atom. The molecule has 2 heterocycles. The number of aromatic amines is 1. The third kappa shape index (κ3) is 5.47. The van der Waals surface area contributed by atoms with Crippen molar-refractivity contribution < 1.29 is 9.26 Å².